The zero-order valence-electron chi connectivity index (χ0n) is 10.9. The fourth-order valence-electron chi connectivity index (χ4n) is 1.82. The van der Waals surface area contributed by atoms with Crippen LogP contribution < -0.4 is 16.6 Å². The molecule has 0 aliphatic rings. The molecule has 0 fully saturated rings. The van der Waals surface area contributed by atoms with Crippen molar-refractivity contribution >= 4 is 21.8 Å². The molecule has 1 aromatic carbocycles. The predicted octanol–water partition coefficient (Wildman–Crippen LogP) is 1.20. The molecule has 8 heteroatoms. The summed E-state index contributed by atoms with van der Waals surface area (Å²) in [4.78, 5) is 38.7. The summed E-state index contributed by atoms with van der Waals surface area (Å²) in [7, 11) is 0. The van der Waals surface area contributed by atoms with E-state index in [2.05, 4.69) is 26.2 Å². The Labute approximate surface area is 126 Å². The lowest BCUT2D eigenvalue weighted by atomic mass is 10.1. The Morgan fingerprint density at radius 2 is 2.10 bits per heavy atom. The number of carbonyl (C=O) groups is 1. The molecule has 2 rings (SSSR count). The van der Waals surface area contributed by atoms with Crippen LogP contribution >= 0.6 is 15.9 Å². The van der Waals surface area contributed by atoms with Gasteiger partial charge in [-0.25, -0.2) is 9.18 Å². The molecule has 0 radical (unpaired) electrons. The van der Waals surface area contributed by atoms with Gasteiger partial charge in [-0.2, -0.15) is 0 Å². The van der Waals surface area contributed by atoms with Crippen molar-refractivity contribution in [2.24, 2.45) is 0 Å². The lowest BCUT2D eigenvalue weighted by Gasteiger charge is -2.09. The summed E-state index contributed by atoms with van der Waals surface area (Å²) in [5, 5.41) is 2.44. The molecule has 0 saturated carbocycles. The maximum Gasteiger partial charge on any atom is 0.325 e. The van der Waals surface area contributed by atoms with E-state index in [1.807, 2.05) is 4.98 Å². The van der Waals surface area contributed by atoms with Gasteiger partial charge in [0.25, 0.3) is 11.5 Å². The average Bonchev–Trinajstić information content (AvgIpc) is 2.36. The summed E-state index contributed by atoms with van der Waals surface area (Å²) in [5.74, 6) is -1.29. The van der Waals surface area contributed by atoms with E-state index in [-0.39, 0.29) is 17.7 Å². The van der Waals surface area contributed by atoms with E-state index >= 15 is 0 Å². The lowest BCUT2D eigenvalue weighted by Crippen LogP contribution is -2.31. The Morgan fingerprint density at radius 3 is 2.71 bits per heavy atom. The molecule has 0 aliphatic carbocycles. The fraction of sp³-hybridized carbons (Fsp3) is 0.154. The van der Waals surface area contributed by atoms with Gasteiger partial charge in [-0.05, 0) is 24.6 Å². The number of aryl methyl sites for hydroxylation is 1. The van der Waals surface area contributed by atoms with Crippen LogP contribution in [0.15, 0.2) is 32.4 Å². The maximum atomic E-state index is 13.8. The number of hydrogen-bond acceptors (Lipinski definition) is 3. The largest absolute Gasteiger partial charge is 0.348 e. The van der Waals surface area contributed by atoms with Crippen LogP contribution in [0.1, 0.15) is 21.5 Å². The predicted molar refractivity (Wildman–Crippen MR) is 77.7 cm³/mol. The van der Waals surface area contributed by atoms with E-state index in [4.69, 9.17) is 0 Å². The number of H-pyrrole nitrogens is 2. The third-order valence-corrected chi connectivity index (χ3v) is 3.27. The first kappa shape index (κ1) is 15.2. The fourth-order valence-corrected chi connectivity index (χ4v) is 2.37. The first-order chi connectivity index (χ1) is 9.88. The van der Waals surface area contributed by atoms with Crippen molar-refractivity contribution in [1.29, 1.82) is 0 Å². The molecule has 21 heavy (non-hydrogen) atoms. The van der Waals surface area contributed by atoms with Crippen molar-refractivity contribution in [3.05, 3.63) is 66.1 Å². The van der Waals surface area contributed by atoms with Gasteiger partial charge in [0.2, 0.25) is 0 Å². The minimum absolute atomic E-state index is 0.0842. The number of benzene rings is 1. The van der Waals surface area contributed by atoms with Gasteiger partial charge in [-0.3, -0.25) is 14.6 Å². The number of rotatable bonds is 3. The Balaban J connectivity index is 2.19. The van der Waals surface area contributed by atoms with E-state index in [0.29, 0.717) is 10.0 Å². The van der Waals surface area contributed by atoms with Crippen LogP contribution in [0.25, 0.3) is 0 Å². The number of halogens is 2. The maximum absolute atomic E-state index is 13.8. The van der Waals surface area contributed by atoms with Crippen LogP contribution in [0.4, 0.5) is 4.39 Å². The van der Waals surface area contributed by atoms with E-state index in [0.717, 1.165) is 0 Å². The quantitative estimate of drug-likeness (QED) is 0.771. The minimum atomic E-state index is -0.658. The zero-order valence-corrected chi connectivity index (χ0v) is 12.5. The minimum Gasteiger partial charge on any atom is -0.348 e. The highest BCUT2D eigenvalue weighted by molar-refractivity contribution is 9.10. The summed E-state index contributed by atoms with van der Waals surface area (Å²) in [5.41, 5.74) is -0.691. The molecule has 0 saturated heterocycles. The van der Waals surface area contributed by atoms with Crippen molar-refractivity contribution in [3.63, 3.8) is 0 Å². The van der Waals surface area contributed by atoms with Gasteiger partial charge in [0, 0.05) is 17.2 Å². The van der Waals surface area contributed by atoms with Crippen molar-refractivity contribution < 1.29 is 9.18 Å². The topological polar surface area (TPSA) is 94.8 Å². The van der Waals surface area contributed by atoms with Crippen LogP contribution in [0, 0.1) is 12.7 Å². The second-order valence-corrected chi connectivity index (χ2v) is 5.28. The summed E-state index contributed by atoms with van der Waals surface area (Å²) in [6, 6.07) is 2.81. The molecule has 0 aliphatic heterocycles. The third kappa shape index (κ3) is 3.46. The highest BCUT2D eigenvalue weighted by atomic mass is 79.9. The molecular formula is C13H11BrFN3O3. The Kier molecular flexibility index (Phi) is 4.37. The van der Waals surface area contributed by atoms with Crippen LogP contribution in [0.3, 0.4) is 0 Å². The molecule has 1 aromatic heterocycles. The number of aromatic nitrogens is 2. The molecule has 0 spiro atoms. The van der Waals surface area contributed by atoms with Gasteiger partial charge in [0.1, 0.15) is 5.82 Å². The zero-order chi connectivity index (χ0) is 15.6. The van der Waals surface area contributed by atoms with Crippen molar-refractivity contribution in [3.8, 4) is 0 Å². The molecule has 2 aromatic rings. The average molecular weight is 356 g/mol. The SMILES string of the molecule is Cc1cc(Br)cc(F)c1C(=O)NCc1c[nH]c(=O)[nH]c1=O. The van der Waals surface area contributed by atoms with Gasteiger partial charge >= 0.3 is 5.69 Å². The lowest BCUT2D eigenvalue weighted by molar-refractivity contribution is 0.0946. The standard InChI is InChI=1S/C13H11BrFN3O3/c1-6-2-8(14)3-9(15)10(6)12(20)16-4-7-5-17-13(21)18-11(7)19/h2-3,5H,4H2,1H3,(H,16,20)(H2,17,18,19,21). The molecule has 1 heterocycles. The van der Waals surface area contributed by atoms with Crippen LogP contribution in [-0.2, 0) is 6.54 Å². The van der Waals surface area contributed by atoms with E-state index in [1.54, 1.807) is 13.0 Å². The molecule has 0 bridgehead atoms. The Bertz CT molecular complexity index is 790. The molecule has 0 unspecified atom stereocenters. The summed E-state index contributed by atoms with van der Waals surface area (Å²) >= 11 is 3.14. The van der Waals surface area contributed by atoms with Crippen molar-refractivity contribution in [1.82, 2.24) is 15.3 Å². The highest BCUT2D eigenvalue weighted by Gasteiger charge is 2.15. The van der Waals surface area contributed by atoms with E-state index in [1.165, 1.54) is 12.3 Å². The van der Waals surface area contributed by atoms with Gasteiger partial charge in [-0.1, -0.05) is 15.9 Å². The number of carbonyl (C=O) groups excluding carboxylic acids is 1. The molecule has 110 valence electrons. The van der Waals surface area contributed by atoms with E-state index < -0.39 is 23.0 Å². The van der Waals surface area contributed by atoms with Gasteiger partial charge in [-0.15, -0.1) is 0 Å². The normalized spacial score (nSPS) is 10.4. The van der Waals surface area contributed by atoms with Crippen LogP contribution in [0.2, 0.25) is 0 Å². The van der Waals surface area contributed by atoms with E-state index in [9.17, 15) is 18.8 Å². The van der Waals surface area contributed by atoms with Crippen molar-refractivity contribution in [2.45, 2.75) is 13.5 Å². The third-order valence-electron chi connectivity index (χ3n) is 2.81. The molecular weight excluding hydrogens is 345 g/mol. The van der Waals surface area contributed by atoms with Gasteiger partial charge in [0.15, 0.2) is 0 Å². The Hall–Kier alpha value is -2.22. The number of aromatic amines is 2. The number of nitrogens with one attached hydrogen (secondary N) is 3. The smallest absolute Gasteiger partial charge is 0.325 e. The van der Waals surface area contributed by atoms with Crippen molar-refractivity contribution in [2.75, 3.05) is 0 Å². The molecule has 3 N–H and O–H groups in total. The summed E-state index contributed by atoms with van der Waals surface area (Å²) in [6.45, 7) is 1.48. The van der Waals surface area contributed by atoms with Gasteiger partial charge in [0.05, 0.1) is 11.1 Å². The Morgan fingerprint density at radius 1 is 1.38 bits per heavy atom. The molecule has 1 amide bonds. The highest BCUT2D eigenvalue weighted by Crippen LogP contribution is 2.19. The van der Waals surface area contributed by atoms with Gasteiger partial charge < -0.3 is 10.3 Å². The number of hydrogen-bond donors (Lipinski definition) is 3. The summed E-state index contributed by atoms with van der Waals surface area (Å²) < 4.78 is 14.3. The first-order valence-corrected chi connectivity index (χ1v) is 6.72. The molecule has 0 atom stereocenters. The van der Waals surface area contributed by atoms with Crippen LogP contribution in [-0.4, -0.2) is 15.9 Å². The number of amides is 1. The van der Waals surface area contributed by atoms with Crippen LogP contribution in [0.5, 0.6) is 0 Å². The monoisotopic (exact) mass is 355 g/mol. The molecule has 6 nitrogen and oxygen atoms in total. The first-order valence-electron chi connectivity index (χ1n) is 5.93. The second-order valence-electron chi connectivity index (χ2n) is 4.36. The summed E-state index contributed by atoms with van der Waals surface area (Å²) in [6.07, 6.45) is 1.20. The second kappa shape index (κ2) is 6.04.